The van der Waals surface area contributed by atoms with Gasteiger partial charge in [-0.3, -0.25) is 4.79 Å². The summed E-state index contributed by atoms with van der Waals surface area (Å²) >= 11 is 1.22. The molecule has 1 N–H and O–H groups in total. The Hall–Kier alpha value is -1.79. The normalized spacial score (nSPS) is 10.9. The molecular formula is C15H18N2O3S. The van der Waals surface area contributed by atoms with E-state index < -0.39 is 5.97 Å². The number of para-hydroxylation sites is 2. The molecule has 5 nitrogen and oxygen atoms in total. The molecule has 0 aliphatic rings. The summed E-state index contributed by atoms with van der Waals surface area (Å²) in [6.45, 7) is 7.41. The number of thioether (sulfide) groups is 1. The van der Waals surface area contributed by atoms with Gasteiger partial charge < -0.3 is 14.4 Å². The van der Waals surface area contributed by atoms with E-state index in [-0.39, 0.29) is 5.75 Å². The fourth-order valence-corrected chi connectivity index (χ4v) is 2.67. The minimum atomic E-state index is -0.850. The number of carboxylic acid groups (broad SMARTS) is 1. The van der Waals surface area contributed by atoms with E-state index in [2.05, 4.69) is 11.6 Å². The first-order valence-corrected chi connectivity index (χ1v) is 7.58. The molecule has 0 fully saturated rings. The van der Waals surface area contributed by atoms with Gasteiger partial charge in [0.1, 0.15) is 0 Å². The number of nitrogens with zero attached hydrogens (tertiary/aromatic N) is 2. The van der Waals surface area contributed by atoms with Crippen LogP contribution in [0.4, 0.5) is 0 Å². The smallest absolute Gasteiger partial charge is 0.313 e. The van der Waals surface area contributed by atoms with Crippen LogP contribution >= 0.6 is 11.8 Å². The van der Waals surface area contributed by atoms with Crippen molar-refractivity contribution in [3.63, 3.8) is 0 Å². The number of ether oxygens (including phenoxy) is 1. The number of carboxylic acids is 1. The maximum absolute atomic E-state index is 10.7. The van der Waals surface area contributed by atoms with Crippen LogP contribution in [0.1, 0.15) is 6.92 Å². The van der Waals surface area contributed by atoms with E-state index >= 15 is 0 Å². The van der Waals surface area contributed by atoms with E-state index in [1.807, 2.05) is 35.8 Å². The summed E-state index contributed by atoms with van der Waals surface area (Å²) in [5, 5.41) is 9.53. The molecule has 6 heteroatoms. The molecule has 0 amide bonds. The zero-order valence-corrected chi connectivity index (χ0v) is 12.7. The maximum atomic E-state index is 10.7. The van der Waals surface area contributed by atoms with Gasteiger partial charge in [-0.05, 0) is 19.1 Å². The molecule has 0 saturated carbocycles. The molecular weight excluding hydrogens is 288 g/mol. The third kappa shape index (κ3) is 4.34. The molecule has 0 atom stereocenters. The molecule has 1 aromatic heterocycles. The van der Waals surface area contributed by atoms with Crippen LogP contribution in [-0.4, -0.2) is 39.6 Å². The fraction of sp³-hybridized carbons (Fsp3) is 0.333. The zero-order chi connectivity index (χ0) is 15.2. The van der Waals surface area contributed by atoms with E-state index in [0.717, 1.165) is 16.6 Å². The number of hydrogen-bond donors (Lipinski definition) is 1. The van der Waals surface area contributed by atoms with Crippen molar-refractivity contribution in [2.24, 2.45) is 0 Å². The van der Waals surface area contributed by atoms with Gasteiger partial charge in [-0.2, -0.15) is 0 Å². The SMILES string of the molecule is C=C(C)COCCn1c(SCC(=O)O)nc2ccccc21. The number of rotatable bonds is 8. The molecule has 0 radical (unpaired) electrons. The molecule has 0 aliphatic carbocycles. The van der Waals surface area contributed by atoms with Gasteiger partial charge in [-0.15, -0.1) is 0 Å². The minimum absolute atomic E-state index is 0.00402. The predicted octanol–water partition coefficient (Wildman–Crippen LogP) is 2.81. The average Bonchev–Trinajstić information content (AvgIpc) is 2.79. The van der Waals surface area contributed by atoms with Gasteiger partial charge in [0.15, 0.2) is 5.16 Å². The Morgan fingerprint density at radius 3 is 2.95 bits per heavy atom. The van der Waals surface area contributed by atoms with Crippen LogP contribution in [0.5, 0.6) is 0 Å². The van der Waals surface area contributed by atoms with Gasteiger partial charge in [0.05, 0.1) is 30.0 Å². The van der Waals surface area contributed by atoms with Gasteiger partial charge in [0.25, 0.3) is 0 Å². The summed E-state index contributed by atoms with van der Waals surface area (Å²) in [6, 6.07) is 7.76. The summed E-state index contributed by atoms with van der Waals surface area (Å²) in [5.41, 5.74) is 2.83. The Kier molecular flexibility index (Phi) is 5.41. The monoisotopic (exact) mass is 306 g/mol. The number of aromatic nitrogens is 2. The summed E-state index contributed by atoms with van der Waals surface area (Å²) in [7, 11) is 0. The number of aliphatic carboxylic acids is 1. The minimum Gasteiger partial charge on any atom is -0.481 e. The van der Waals surface area contributed by atoms with E-state index in [1.165, 1.54) is 11.8 Å². The van der Waals surface area contributed by atoms with Crippen LogP contribution in [0.25, 0.3) is 11.0 Å². The lowest BCUT2D eigenvalue weighted by atomic mass is 10.3. The average molecular weight is 306 g/mol. The highest BCUT2D eigenvalue weighted by atomic mass is 32.2. The van der Waals surface area contributed by atoms with Crippen molar-refractivity contribution in [3.8, 4) is 0 Å². The van der Waals surface area contributed by atoms with Crippen molar-refractivity contribution >= 4 is 28.8 Å². The molecule has 0 aliphatic heterocycles. The van der Waals surface area contributed by atoms with Gasteiger partial charge in [-0.25, -0.2) is 4.98 Å². The third-order valence-electron chi connectivity index (χ3n) is 2.75. The van der Waals surface area contributed by atoms with Crippen LogP contribution in [0.2, 0.25) is 0 Å². The lowest BCUT2D eigenvalue weighted by Crippen LogP contribution is -2.09. The Bertz CT molecular complexity index is 651. The van der Waals surface area contributed by atoms with Crippen molar-refractivity contribution in [2.75, 3.05) is 19.0 Å². The summed E-state index contributed by atoms with van der Waals surface area (Å²) < 4.78 is 7.53. The number of carbonyl (C=O) groups is 1. The molecule has 0 saturated heterocycles. The maximum Gasteiger partial charge on any atom is 0.313 e. The number of benzene rings is 1. The largest absolute Gasteiger partial charge is 0.481 e. The highest BCUT2D eigenvalue weighted by molar-refractivity contribution is 7.99. The Morgan fingerprint density at radius 1 is 1.48 bits per heavy atom. The van der Waals surface area contributed by atoms with Gasteiger partial charge >= 0.3 is 5.97 Å². The summed E-state index contributed by atoms with van der Waals surface area (Å²) in [6.07, 6.45) is 0. The molecule has 0 unspecified atom stereocenters. The van der Waals surface area contributed by atoms with Crippen LogP contribution in [0, 0.1) is 0 Å². The molecule has 2 aromatic rings. The van der Waals surface area contributed by atoms with Crippen LogP contribution in [0.15, 0.2) is 41.6 Å². The molecule has 1 aromatic carbocycles. The lowest BCUT2D eigenvalue weighted by Gasteiger charge is -2.09. The first-order valence-electron chi connectivity index (χ1n) is 6.60. The summed E-state index contributed by atoms with van der Waals surface area (Å²) in [4.78, 5) is 15.2. The predicted molar refractivity (Wildman–Crippen MR) is 83.7 cm³/mol. The third-order valence-corrected chi connectivity index (χ3v) is 3.71. The van der Waals surface area contributed by atoms with Crippen molar-refractivity contribution < 1.29 is 14.6 Å². The quantitative estimate of drug-likeness (QED) is 0.461. The Morgan fingerprint density at radius 2 is 2.24 bits per heavy atom. The molecule has 0 bridgehead atoms. The molecule has 1 heterocycles. The zero-order valence-electron chi connectivity index (χ0n) is 11.9. The van der Waals surface area contributed by atoms with Crippen LogP contribution in [0.3, 0.4) is 0 Å². The van der Waals surface area contributed by atoms with Crippen molar-refractivity contribution in [1.29, 1.82) is 0 Å². The van der Waals surface area contributed by atoms with E-state index in [9.17, 15) is 4.79 Å². The van der Waals surface area contributed by atoms with Gasteiger partial charge in [0.2, 0.25) is 0 Å². The van der Waals surface area contributed by atoms with E-state index in [1.54, 1.807) is 0 Å². The van der Waals surface area contributed by atoms with Crippen LogP contribution in [-0.2, 0) is 16.1 Å². The second-order valence-corrected chi connectivity index (χ2v) is 5.67. The fourth-order valence-electron chi connectivity index (χ4n) is 1.91. The molecule has 0 spiro atoms. The highest BCUT2D eigenvalue weighted by Crippen LogP contribution is 2.23. The van der Waals surface area contributed by atoms with Crippen molar-refractivity contribution in [2.45, 2.75) is 18.6 Å². The number of hydrogen-bond acceptors (Lipinski definition) is 4. The van der Waals surface area contributed by atoms with Crippen molar-refractivity contribution in [1.82, 2.24) is 9.55 Å². The second-order valence-electron chi connectivity index (χ2n) is 4.73. The number of imidazole rings is 1. The van der Waals surface area contributed by atoms with Gasteiger partial charge in [0, 0.05) is 6.54 Å². The summed E-state index contributed by atoms with van der Waals surface area (Å²) in [5.74, 6) is -0.854. The Labute approximate surface area is 127 Å². The first kappa shape index (κ1) is 15.6. The van der Waals surface area contributed by atoms with Crippen molar-refractivity contribution in [3.05, 3.63) is 36.4 Å². The van der Waals surface area contributed by atoms with Crippen LogP contribution < -0.4 is 0 Å². The lowest BCUT2D eigenvalue weighted by molar-refractivity contribution is -0.133. The second kappa shape index (κ2) is 7.28. The van der Waals surface area contributed by atoms with E-state index in [4.69, 9.17) is 9.84 Å². The molecule has 112 valence electrons. The topological polar surface area (TPSA) is 64.3 Å². The van der Waals surface area contributed by atoms with E-state index in [0.29, 0.717) is 24.9 Å². The number of fused-ring (bicyclic) bond motifs is 1. The van der Waals surface area contributed by atoms with Gasteiger partial charge in [-0.1, -0.05) is 36.0 Å². The Balaban J connectivity index is 2.15. The first-order chi connectivity index (χ1) is 10.1. The standard InChI is InChI=1S/C15H18N2O3S/c1-11(2)9-20-8-7-17-13-6-4-3-5-12(13)16-15(17)21-10-14(18)19/h3-6H,1,7-10H2,2H3,(H,18,19). The highest BCUT2D eigenvalue weighted by Gasteiger charge is 2.12. The molecule has 21 heavy (non-hydrogen) atoms. The molecule has 2 rings (SSSR count).